The smallest absolute Gasteiger partial charge is 0.241 e. The van der Waals surface area contributed by atoms with Crippen LogP contribution in [0.3, 0.4) is 0 Å². The molecule has 0 radical (unpaired) electrons. The van der Waals surface area contributed by atoms with E-state index in [2.05, 4.69) is 10.0 Å². The van der Waals surface area contributed by atoms with Crippen molar-refractivity contribution in [3.63, 3.8) is 0 Å². The molecule has 0 unspecified atom stereocenters. The van der Waals surface area contributed by atoms with Gasteiger partial charge in [-0.25, -0.2) is 17.5 Å². The molecule has 0 bridgehead atoms. The fourth-order valence-corrected chi connectivity index (χ4v) is 4.14. The largest absolute Gasteiger partial charge is 0.325 e. The molecule has 0 aliphatic rings. The molecule has 0 aliphatic heterocycles. The lowest BCUT2D eigenvalue weighted by atomic mass is 10.1. The van der Waals surface area contributed by atoms with Crippen molar-refractivity contribution in [2.24, 2.45) is 5.92 Å². The Hall–Kier alpha value is -1.90. The molecule has 0 saturated heterocycles. The van der Waals surface area contributed by atoms with E-state index in [-0.39, 0.29) is 22.5 Å². The SMILES string of the molecule is CSc1ccc(S(=O)(=O)N[C@@H](C)c2ccc(F)cc2)cc1NC(=O)C(C)C. The summed E-state index contributed by atoms with van der Waals surface area (Å²) in [6.07, 6.45) is 1.85. The average Bonchev–Trinajstić information content (AvgIpc) is 2.61. The molecule has 0 spiro atoms. The number of anilines is 1. The highest BCUT2D eigenvalue weighted by molar-refractivity contribution is 7.98. The Bertz CT molecular complexity index is 913. The molecular weight excluding hydrogens is 387 g/mol. The van der Waals surface area contributed by atoms with Crippen molar-refractivity contribution in [2.75, 3.05) is 11.6 Å². The van der Waals surface area contributed by atoms with Crippen LogP contribution in [0.4, 0.5) is 10.1 Å². The van der Waals surface area contributed by atoms with Crippen molar-refractivity contribution < 1.29 is 17.6 Å². The quantitative estimate of drug-likeness (QED) is 0.672. The number of nitrogens with one attached hydrogen (secondary N) is 2. The van der Waals surface area contributed by atoms with Gasteiger partial charge in [0, 0.05) is 16.9 Å². The van der Waals surface area contributed by atoms with Crippen LogP contribution in [0.25, 0.3) is 0 Å². The van der Waals surface area contributed by atoms with Crippen LogP contribution in [0.2, 0.25) is 0 Å². The predicted molar refractivity (Wildman–Crippen MR) is 107 cm³/mol. The van der Waals surface area contributed by atoms with Gasteiger partial charge in [-0.05, 0) is 49.1 Å². The lowest BCUT2D eigenvalue weighted by Crippen LogP contribution is -2.27. The molecule has 0 fully saturated rings. The highest BCUT2D eigenvalue weighted by Gasteiger charge is 2.20. The van der Waals surface area contributed by atoms with Crippen LogP contribution in [0.5, 0.6) is 0 Å². The molecule has 1 amide bonds. The third-order valence-electron chi connectivity index (χ3n) is 3.97. The van der Waals surface area contributed by atoms with E-state index in [1.807, 2.05) is 6.26 Å². The van der Waals surface area contributed by atoms with E-state index < -0.39 is 16.1 Å². The molecule has 5 nitrogen and oxygen atoms in total. The number of carbonyl (C=O) groups excluding carboxylic acids is 1. The van der Waals surface area contributed by atoms with E-state index in [0.717, 1.165) is 4.90 Å². The van der Waals surface area contributed by atoms with Gasteiger partial charge in [-0.2, -0.15) is 0 Å². The summed E-state index contributed by atoms with van der Waals surface area (Å²) in [7, 11) is -3.83. The Labute approximate surface area is 163 Å². The molecule has 2 rings (SSSR count). The summed E-state index contributed by atoms with van der Waals surface area (Å²) in [5.74, 6) is -0.795. The fourth-order valence-electron chi connectivity index (χ4n) is 2.35. The first kappa shape index (κ1) is 21.4. The van der Waals surface area contributed by atoms with Crippen molar-refractivity contribution in [3.8, 4) is 0 Å². The van der Waals surface area contributed by atoms with E-state index in [0.29, 0.717) is 11.3 Å². The minimum Gasteiger partial charge on any atom is -0.325 e. The van der Waals surface area contributed by atoms with Crippen molar-refractivity contribution in [1.82, 2.24) is 4.72 Å². The number of halogens is 1. The maximum Gasteiger partial charge on any atom is 0.241 e. The molecule has 8 heteroatoms. The second kappa shape index (κ2) is 8.86. The van der Waals surface area contributed by atoms with Gasteiger partial charge < -0.3 is 5.32 Å². The lowest BCUT2D eigenvalue weighted by molar-refractivity contribution is -0.118. The number of hydrogen-bond donors (Lipinski definition) is 2. The summed E-state index contributed by atoms with van der Waals surface area (Å²) in [6, 6.07) is 9.71. The van der Waals surface area contributed by atoms with E-state index in [1.165, 1.54) is 48.2 Å². The summed E-state index contributed by atoms with van der Waals surface area (Å²) in [6.45, 7) is 5.21. The van der Waals surface area contributed by atoms with Gasteiger partial charge in [-0.3, -0.25) is 4.79 Å². The third-order valence-corrected chi connectivity index (χ3v) is 6.30. The number of thioether (sulfide) groups is 1. The third kappa shape index (κ3) is 5.54. The first-order chi connectivity index (χ1) is 12.6. The van der Waals surface area contributed by atoms with Crippen LogP contribution in [-0.4, -0.2) is 20.6 Å². The molecule has 2 N–H and O–H groups in total. The molecule has 0 heterocycles. The minimum atomic E-state index is -3.83. The van der Waals surface area contributed by atoms with Crippen LogP contribution in [0, 0.1) is 11.7 Å². The number of rotatable bonds is 7. The topological polar surface area (TPSA) is 75.3 Å². The maximum atomic E-state index is 13.1. The predicted octanol–water partition coefficient (Wildman–Crippen LogP) is 4.18. The zero-order valence-corrected chi connectivity index (χ0v) is 17.2. The van der Waals surface area contributed by atoms with Gasteiger partial charge in [0.2, 0.25) is 15.9 Å². The number of sulfonamides is 1. The average molecular weight is 411 g/mol. The number of hydrogen-bond acceptors (Lipinski definition) is 4. The maximum absolute atomic E-state index is 13.1. The van der Waals surface area contributed by atoms with E-state index in [1.54, 1.807) is 26.8 Å². The Morgan fingerprint density at radius 2 is 1.70 bits per heavy atom. The number of amides is 1. The van der Waals surface area contributed by atoms with Gasteiger partial charge in [0.1, 0.15) is 5.82 Å². The normalized spacial score (nSPS) is 12.8. The zero-order chi connectivity index (χ0) is 20.2. The summed E-state index contributed by atoms with van der Waals surface area (Å²) in [5, 5.41) is 2.77. The van der Waals surface area contributed by atoms with Gasteiger partial charge in [-0.15, -0.1) is 11.8 Å². The second-order valence-corrected chi connectivity index (χ2v) is 8.96. The van der Waals surface area contributed by atoms with E-state index >= 15 is 0 Å². The summed E-state index contributed by atoms with van der Waals surface area (Å²) in [5.41, 5.74) is 1.10. The minimum absolute atomic E-state index is 0.0494. The van der Waals surface area contributed by atoms with E-state index in [9.17, 15) is 17.6 Å². The van der Waals surface area contributed by atoms with Crippen LogP contribution in [0.15, 0.2) is 52.3 Å². The molecule has 1 atom stereocenters. The molecular formula is C19H23FN2O3S2. The lowest BCUT2D eigenvalue weighted by Gasteiger charge is -2.17. The Morgan fingerprint density at radius 1 is 1.07 bits per heavy atom. The van der Waals surface area contributed by atoms with Gasteiger partial charge in [0.25, 0.3) is 0 Å². The van der Waals surface area contributed by atoms with E-state index in [4.69, 9.17) is 0 Å². The standard InChI is InChI=1S/C19H23FN2O3S2/c1-12(2)19(23)21-17-11-16(9-10-18(17)26-4)27(24,25)22-13(3)14-5-7-15(20)8-6-14/h5-13,22H,1-4H3,(H,21,23)/t13-/m0/s1. The molecule has 0 saturated carbocycles. The highest BCUT2D eigenvalue weighted by atomic mass is 32.2. The van der Waals surface area contributed by atoms with Crippen LogP contribution >= 0.6 is 11.8 Å². The molecule has 0 aromatic heterocycles. The van der Waals surface area contributed by atoms with Crippen LogP contribution < -0.4 is 10.0 Å². The first-order valence-corrected chi connectivity index (χ1v) is 11.1. The van der Waals surface area contributed by atoms with Crippen molar-refractivity contribution in [1.29, 1.82) is 0 Å². The Kier molecular flexibility index (Phi) is 7.02. The molecule has 27 heavy (non-hydrogen) atoms. The van der Waals surface area contributed by atoms with Gasteiger partial charge in [0.05, 0.1) is 10.6 Å². The van der Waals surface area contributed by atoms with Crippen LogP contribution in [-0.2, 0) is 14.8 Å². The zero-order valence-electron chi connectivity index (χ0n) is 15.6. The van der Waals surface area contributed by atoms with Gasteiger partial charge >= 0.3 is 0 Å². The molecule has 0 aliphatic carbocycles. The monoisotopic (exact) mass is 410 g/mol. The van der Waals surface area contributed by atoms with Crippen molar-refractivity contribution in [2.45, 2.75) is 36.6 Å². The summed E-state index contributed by atoms with van der Waals surface area (Å²) in [4.78, 5) is 12.8. The molecule has 2 aromatic carbocycles. The highest BCUT2D eigenvalue weighted by Crippen LogP contribution is 2.29. The second-order valence-electron chi connectivity index (χ2n) is 6.40. The Balaban J connectivity index is 2.29. The molecule has 2 aromatic rings. The van der Waals surface area contributed by atoms with Crippen molar-refractivity contribution in [3.05, 3.63) is 53.8 Å². The van der Waals surface area contributed by atoms with Gasteiger partial charge in [0.15, 0.2) is 0 Å². The molecule has 146 valence electrons. The number of carbonyl (C=O) groups is 1. The first-order valence-electron chi connectivity index (χ1n) is 8.40. The summed E-state index contributed by atoms with van der Waals surface area (Å²) >= 11 is 1.42. The number of benzene rings is 2. The van der Waals surface area contributed by atoms with Crippen molar-refractivity contribution >= 4 is 33.4 Å². The fraction of sp³-hybridized carbons (Fsp3) is 0.316. The summed E-state index contributed by atoms with van der Waals surface area (Å²) < 4.78 is 41.1. The van der Waals surface area contributed by atoms with Gasteiger partial charge in [-0.1, -0.05) is 26.0 Å². The van der Waals surface area contributed by atoms with Crippen LogP contribution in [0.1, 0.15) is 32.4 Å². The Morgan fingerprint density at radius 3 is 2.26 bits per heavy atom.